The first-order valence-electron chi connectivity index (χ1n) is 8.14. The predicted octanol–water partition coefficient (Wildman–Crippen LogP) is 2.99. The summed E-state index contributed by atoms with van der Waals surface area (Å²) in [6.45, 7) is 2.94. The van der Waals surface area contributed by atoms with E-state index in [-0.39, 0.29) is 18.3 Å². The summed E-state index contributed by atoms with van der Waals surface area (Å²) in [7, 11) is 0. The molecule has 1 N–H and O–H groups in total. The fourth-order valence-corrected chi connectivity index (χ4v) is 3.25. The molecular formula is C17H21N3O4. The van der Waals surface area contributed by atoms with Crippen molar-refractivity contribution in [1.29, 1.82) is 0 Å². The van der Waals surface area contributed by atoms with Gasteiger partial charge in [-0.3, -0.25) is 15.0 Å². The van der Waals surface area contributed by atoms with Crippen LogP contribution in [0.3, 0.4) is 0 Å². The van der Waals surface area contributed by atoms with Crippen molar-refractivity contribution < 1.29 is 14.4 Å². The van der Waals surface area contributed by atoms with Gasteiger partial charge >= 0.3 is 0 Å². The summed E-state index contributed by atoms with van der Waals surface area (Å²) >= 11 is 0. The van der Waals surface area contributed by atoms with E-state index in [2.05, 4.69) is 16.8 Å². The lowest BCUT2D eigenvalue weighted by Gasteiger charge is -2.39. The quantitative estimate of drug-likeness (QED) is 0.669. The van der Waals surface area contributed by atoms with Crippen molar-refractivity contribution in [2.45, 2.75) is 44.8 Å². The summed E-state index contributed by atoms with van der Waals surface area (Å²) in [5, 5.41) is 20.3. The highest BCUT2D eigenvalue weighted by Gasteiger charge is 2.28. The van der Waals surface area contributed by atoms with Gasteiger partial charge in [-0.15, -0.1) is 0 Å². The average Bonchev–Trinajstić information content (AvgIpc) is 3.05. The number of hydrogen-bond acceptors (Lipinski definition) is 6. The third kappa shape index (κ3) is 3.47. The van der Waals surface area contributed by atoms with E-state index in [0.717, 1.165) is 25.0 Å². The number of aliphatic hydroxyl groups excluding tert-OH is 1. The molecule has 7 heteroatoms. The van der Waals surface area contributed by atoms with Gasteiger partial charge in [-0.1, -0.05) is 6.42 Å². The number of benzene rings is 1. The van der Waals surface area contributed by atoms with Crippen LogP contribution in [0.25, 0.3) is 11.5 Å². The van der Waals surface area contributed by atoms with Crippen LogP contribution in [0.1, 0.15) is 31.9 Å². The second-order valence-electron chi connectivity index (χ2n) is 6.24. The number of aliphatic hydroxyl groups is 1. The Morgan fingerprint density at radius 3 is 2.79 bits per heavy atom. The second kappa shape index (κ2) is 7.11. The van der Waals surface area contributed by atoms with Gasteiger partial charge in [-0.05, 0) is 31.9 Å². The Kier molecular flexibility index (Phi) is 4.92. The van der Waals surface area contributed by atoms with E-state index < -0.39 is 4.92 Å². The molecule has 3 rings (SSSR count). The smallest absolute Gasteiger partial charge is 0.269 e. The van der Waals surface area contributed by atoms with Crippen LogP contribution in [-0.4, -0.2) is 38.6 Å². The third-order valence-electron chi connectivity index (χ3n) is 4.63. The summed E-state index contributed by atoms with van der Waals surface area (Å²) < 4.78 is 5.53. The zero-order chi connectivity index (χ0) is 17.1. The molecule has 1 aromatic heterocycles. The Balaban J connectivity index is 1.74. The number of likely N-dealkylation sites (tertiary alicyclic amines) is 1. The van der Waals surface area contributed by atoms with Crippen molar-refractivity contribution in [3.05, 3.63) is 46.3 Å². The highest BCUT2D eigenvalue weighted by molar-refractivity contribution is 5.55. The van der Waals surface area contributed by atoms with Crippen molar-refractivity contribution >= 4 is 5.69 Å². The van der Waals surface area contributed by atoms with Gasteiger partial charge in [0.2, 0.25) is 5.89 Å². The van der Waals surface area contributed by atoms with Gasteiger partial charge in [-0.2, -0.15) is 0 Å². The van der Waals surface area contributed by atoms with E-state index in [1.807, 2.05) is 0 Å². The van der Waals surface area contributed by atoms with E-state index in [9.17, 15) is 15.2 Å². The van der Waals surface area contributed by atoms with Gasteiger partial charge in [0.15, 0.2) is 0 Å². The van der Waals surface area contributed by atoms with Gasteiger partial charge in [0.05, 0.1) is 17.2 Å². The molecule has 24 heavy (non-hydrogen) atoms. The molecule has 0 spiro atoms. The molecular weight excluding hydrogens is 310 g/mol. The molecule has 1 fully saturated rings. The molecule has 0 unspecified atom stereocenters. The Bertz CT molecular complexity index is 698. The molecule has 1 aliphatic heterocycles. The SMILES string of the molecule is C[C@H]1CCC[C@@H](CO)N1Cc1coc(-c2ccc([N+](=O)[O-])cc2)n1. The van der Waals surface area contributed by atoms with Crippen LogP contribution < -0.4 is 0 Å². The minimum absolute atomic E-state index is 0.0402. The maximum Gasteiger partial charge on any atom is 0.269 e. The van der Waals surface area contributed by atoms with Crippen molar-refractivity contribution in [2.24, 2.45) is 0 Å². The van der Waals surface area contributed by atoms with E-state index in [0.29, 0.717) is 24.0 Å². The number of nitrogens with zero attached hydrogens (tertiary/aromatic N) is 3. The highest BCUT2D eigenvalue weighted by atomic mass is 16.6. The minimum atomic E-state index is -0.433. The summed E-state index contributed by atoms with van der Waals surface area (Å²) in [4.78, 5) is 17.0. The van der Waals surface area contributed by atoms with Crippen LogP contribution in [0.15, 0.2) is 34.9 Å². The molecule has 0 saturated carbocycles. The molecule has 128 valence electrons. The third-order valence-corrected chi connectivity index (χ3v) is 4.63. The average molecular weight is 331 g/mol. The number of non-ortho nitro benzene ring substituents is 1. The lowest BCUT2D eigenvalue weighted by molar-refractivity contribution is -0.384. The molecule has 1 aromatic carbocycles. The van der Waals surface area contributed by atoms with Crippen molar-refractivity contribution in [3.63, 3.8) is 0 Å². The highest BCUT2D eigenvalue weighted by Crippen LogP contribution is 2.26. The zero-order valence-electron chi connectivity index (χ0n) is 13.6. The fourth-order valence-electron chi connectivity index (χ4n) is 3.25. The molecule has 0 radical (unpaired) electrons. The summed E-state index contributed by atoms with van der Waals surface area (Å²) in [6, 6.07) is 6.70. The van der Waals surface area contributed by atoms with Crippen LogP contribution in [0, 0.1) is 10.1 Å². The molecule has 2 aromatic rings. The molecule has 0 amide bonds. The lowest BCUT2D eigenvalue weighted by Crippen LogP contribution is -2.46. The largest absolute Gasteiger partial charge is 0.444 e. The molecule has 0 aliphatic carbocycles. The maximum atomic E-state index is 10.7. The number of nitro groups is 1. The van der Waals surface area contributed by atoms with Crippen LogP contribution in [0.4, 0.5) is 5.69 Å². The van der Waals surface area contributed by atoms with Crippen molar-refractivity contribution in [2.75, 3.05) is 6.61 Å². The molecule has 1 saturated heterocycles. The first-order valence-corrected chi connectivity index (χ1v) is 8.14. The van der Waals surface area contributed by atoms with E-state index >= 15 is 0 Å². The Morgan fingerprint density at radius 1 is 1.38 bits per heavy atom. The molecule has 1 aliphatic rings. The minimum Gasteiger partial charge on any atom is -0.444 e. The molecule has 7 nitrogen and oxygen atoms in total. The number of aromatic nitrogens is 1. The number of hydrogen-bond donors (Lipinski definition) is 1. The first-order chi connectivity index (χ1) is 11.6. The van der Waals surface area contributed by atoms with Crippen molar-refractivity contribution in [1.82, 2.24) is 9.88 Å². The van der Waals surface area contributed by atoms with E-state index in [1.54, 1.807) is 18.4 Å². The molecule has 2 atom stereocenters. The van der Waals surface area contributed by atoms with Crippen LogP contribution >= 0.6 is 0 Å². The van der Waals surface area contributed by atoms with Gasteiger partial charge in [0, 0.05) is 36.3 Å². The van der Waals surface area contributed by atoms with Crippen LogP contribution in [0.5, 0.6) is 0 Å². The van der Waals surface area contributed by atoms with Gasteiger partial charge in [0.1, 0.15) is 6.26 Å². The number of oxazole rings is 1. The lowest BCUT2D eigenvalue weighted by atomic mass is 9.97. The number of piperidine rings is 1. The van der Waals surface area contributed by atoms with Gasteiger partial charge < -0.3 is 9.52 Å². The Hall–Kier alpha value is -2.25. The Morgan fingerprint density at radius 2 is 2.12 bits per heavy atom. The van der Waals surface area contributed by atoms with E-state index in [4.69, 9.17) is 4.42 Å². The first kappa shape index (κ1) is 16.6. The van der Waals surface area contributed by atoms with E-state index in [1.165, 1.54) is 12.1 Å². The topological polar surface area (TPSA) is 92.6 Å². The standard InChI is InChI=1S/C17H21N3O4/c1-12-3-2-4-16(10-21)19(12)9-14-11-24-17(18-14)13-5-7-15(8-6-13)20(22)23/h5-8,11-12,16,21H,2-4,9-10H2,1H3/t12-,16-/m0/s1. The molecule has 2 heterocycles. The van der Waals surface area contributed by atoms with Gasteiger partial charge in [0.25, 0.3) is 5.69 Å². The molecule has 0 bridgehead atoms. The van der Waals surface area contributed by atoms with Crippen LogP contribution in [-0.2, 0) is 6.54 Å². The fraction of sp³-hybridized carbons (Fsp3) is 0.471. The summed E-state index contributed by atoms with van der Waals surface area (Å²) in [5.74, 6) is 0.449. The Labute approximate surface area is 140 Å². The number of nitro benzene ring substituents is 1. The zero-order valence-corrected chi connectivity index (χ0v) is 13.6. The van der Waals surface area contributed by atoms with Crippen molar-refractivity contribution in [3.8, 4) is 11.5 Å². The number of rotatable bonds is 5. The van der Waals surface area contributed by atoms with Gasteiger partial charge in [-0.25, -0.2) is 4.98 Å². The normalized spacial score (nSPS) is 21.8. The second-order valence-corrected chi connectivity index (χ2v) is 6.24. The maximum absolute atomic E-state index is 10.7. The summed E-state index contributed by atoms with van der Waals surface area (Å²) in [6.07, 6.45) is 4.86. The monoisotopic (exact) mass is 331 g/mol. The predicted molar refractivity (Wildman–Crippen MR) is 88.3 cm³/mol. The summed E-state index contributed by atoms with van der Waals surface area (Å²) in [5.41, 5.74) is 1.55. The van der Waals surface area contributed by atoms with Crippen LogP contribution in [0.2, 0.25) is 0 Å².